The Morgan fingerprint density at radius 2 is 1.89 bits per heavy atom. The van der Waals surface area contributed by atoms with Crippen molar-refractivity contribution in [1.29, 1.82) is 0 Å². The van der Waals surface area contributed by atoms with E-state index in [1.54, 1.807) is 0 Å². The molecule has 0 aliphatic heterocycles. The summed E-state index contributed by atoms with van der Waals surface area (Å²) in [5, 5.41) is 3.01. The van der Waals surface area contributed by atoms with Crippen LogP contribution in [0.3, 0.4) is 0 Å². The molecule has 0 spiro atoms. The van der Waals surface area contributed by atoms with Crippen LogP contribution in [0.4, 0.5) is 0 Å². The summed E-state index contributed by atoms with van der Waals surface area (Å²) in [6.45, 7) is 4.86. The van der Waals surface area contributed by atoms with Crippen molar-refractivity contribution in [2.75, 3.05) is 6.54 Å². The number of nitrogens with one attached hydrogen (secondary N) is 1. The third-order valence-corrected chi connectivity index (χ3v) is 4.16. The van der Waals surface area contributed by atoms with E-state index in [4.69, 9.17) is 5.73 Å². The molecule has 1 aromatic carbocycles. The molecule has 1 unspecified atom stereocenters. The lowest BCUT2D eigenvalue weighted by atomic mass is 9.96. The van der Waals surface area contributed by atoms with Crippen molar-refractivity contribution >= 4 is 5.91 Å². The number of aryl methyl sites for hydroxylation is 1. The molecule has 19 heavy (non-hydrogen) atoms. The van der Waals surface area contributed by atoms with Crippen molar-refractivity contribution in [3.63, 3.8) is 0 Å². The molecule has 0 radical (unpaired) electrons. The summed E-state index contributed by atoms with van der Waals surface area (Å²) in [6.07, 6.45) is 3.77. The Bertz CT molecular complexity index is 433. The Balaban J connectivity index is 1.88. The van der Waals surface area contributed by atoms with Crippen molar-refractivity contribution in [3.8, 4) is 0 Å². The fourth-order valence-corrected chi connectivity index (χ4v) is 2.67. The lowest BCUT2D eigenvalue weighted by Crippen LogP contribution is -2.52. The summed E-state index contributed by atoms with van der Waals surface area (Å²) in [5.41, 5.74) is 8.03. The van der Waals surface area contributed by atoms with Gasteiger partial charge in [0.25, 0.3) is 0 Å². The van der Waals surface area contributed by atoms with Gasteiger partial charge in [0.2, 0.25) is 5.91 Å². The zero-order valence-electron chi connectivity index (χ0n) is 11.9. The van der Waals surface area contributed by atoms with E-state index in [-0.39, 0.29) is 5.91 Å². The van der Waals surface area contributed by atoms with Gasteiger partial charge in [-0.3, -0.25) is 4.79 Å². The predicted molar refractivity (Wildman–Crippen MR) is 78.0 cm³/mol. The number of amides is 1. The molecule has 0 saturated heterocycles. The van der Waals surface area contributed by atoms with E-state index in [0.29, 0.717) is 12.5 Å². The van der Waals surface area contributed by atoms with Gasteiger partial charge in [-0.05, 0) is 31.2 Å². The van der Waals surface area contributed by atoms with Crippen LogP contribution in [-0.4, -0.2) is 18.0 Å². The third kappa shape index (κ3) is 3.35. The SMILES string of the molecule is Cc1ccc(C(C)CNC(=O)C2(N)CCCC2)cc1. The fourth-order valence-electron chi connectivity index (χ4n) is 2.67. The first-order valence-corrected chi connectivity index (χ1v) is 7.15. The molecule has 1 fully saturated rings. The molecule has 0 bridgehead atoms. The van der Waals surface area contributed by atoms with Crippen molar-refractivity contribution in [3.05, 3.63) is 35.4 Å². The molecule has 1 amide bonds. The normalized spacial score (nSPS) is 19.1. The molecule has 1 saturated carbocycles. The van der Waals surface area contributed by atoms with Gasteiger partial charge in [-0.25, -0.2) is 0 Å². The average Bonchev–Trinajstić information content (AvgIpc) is 2.84. The highest BCUT2D eigenvalue weighted by Crippen LogP contribution is 2.27. The fraction of sp³-hybridized carbons (Fsp3) is 0.562. The minimum Gasteiger partial charge on any atom is -0.354 e. The number of hydrogen-bond acceptors (Lipinski definition) is 2. The van der Waals surface area contributed by atoms with Gasteiger partial charge in [-0.15, -0.1) is 0 Å². The Hall–Kier alpha value is -1.35. The van der Waals surface area contributed by atoms with Crippen LogP contribution in [0.2, 0.25) is 0 Å². The van der Waals surface area contributed by atoms with Gasteiger partial charge in [0.05, 0.1) is 5.54 Å². The summed E-state index contributed by atoms with van der Waals surface area (Å²) < 4.78 is 0. The summed E-state index contributed by atoms with van der Waals surface area (Å²) in [7, 11) is 0. The first-order chi connectivity index (χ1) is 9.01. The van der Waals surface area contributed by atoms with E-state index in [1.807, 2.05) is 0 Å². The molecule has 3 heteroatoms. The average molecular weight is 260 g/mol. The maximum atomic E-state index is 12.1. The smallest absolute Gasteiger partial charge is 0.240 e. The molecule has 3 nitrogen and oxygen atoms in total. The lowest BCUT2D eigenvalue weighted by molar-refractivity contribution is -0.126. The highest BCUT2D eigenvalue weighted by Gasteiger charge is 2.36. The van der Waals surface area contributed by atoms with E-state index in [2.05, 4.69) is 43.4 Å². The molecule has 1 aromatic rings. The van der Waals surface area contributed by atoms with Crippen LogP contribution in [0.1, 0.15) is 49.7 Å². The zero-order chi connectivity index (χ0) is 13.9. The molecule has 1 atom stereocenters. The van der Waals surface area contributed by atoms with Gasteiger partial charge in [-0.2, -0.15) is 0 Å². The Morgan fingerprint density at radius 1 is 1.32 bits per heavy atom. The monoisotopic (exact) mass is 260 g/mol. The van der Waals surface area contributed by atoms with Crippen LogP contribution >= 0.6 is 0 Å². The number of hydrogen-bond donors (Lipinski definition) is 2. The first kappa shape index (κ1) is 14.1. The van der Waals surface area contributed by atoms with Crippen LogP contribution in [0.15, 0.2) is 24.3 Å². The van der Waals surface area contributed by atoms with Crippen LogP contribution in [0.25, 0.3) is 0 Å². The van der Waals surface area contributed by atoms with Crippen molar-refractivity contribution in [1.82, 2.24) is 5.32 Å². The van der Waals surface area contributed by atoms with E-state index in [1.165, 1.54) is 11.1 Å². The van der Waals surface area contributed by atoms with Gasteiger partial charge in [0, 0.05) is 6.54 Å². The lowest BCUT2D eigenvalue weighted by Gasteiger charge is -2.23. The second-order valence-corrected chi connectivity index (χ2v) is 5.89. The summed E-state index contributed by atoms with van der Waals surface area (Å²) in [5.74, 6) is 0.332. The van der Waals surface area contributed by atoms with E-state index in [9.17, 15) is 4.79 Å². The molecular weight excluding hydrogens is 236 g/mol. The molecular formula is C16H24N2O. The first-order valence-electron chi connectivity index (χ1n) is 7.15. The van der Waals surface area contributed by atoms with Gasteiger partial charge in [0.15, 0.2) is 0 Å². The van der Waals surface area contributed by atoms with Crippen molar-refractivity contribution in [2.24, 2.45) is 5.73 Å². The highest BCUT2D eigenvalue weighted by molar-refractivity contribution is 5.86. The molecule has 0 aromatic heterocycles. The molecule has 0 heterocycles. The molecule has 104 valence electrons. The Kier molecular flexibility index (Phi) is 4.25. The number of benzene rings is 1. The van der Waals surface area contributed by atoms with Gasteiger partial charge in [-0.1, -0.05) is 49.6 Å². The second-order valence-electron chi connectivity index (χ2n) is 5.89. The van der Waals surface area contributed by atoms with Gasteiger partial charge in [0.1, 0.15) is 0 Å². The van der Waals surface area contributed by atoms with E-state index >= 15 is 0 Å². The largest absolute Gasteiger partial charge is 0.354 e. The van der Waals surface area contributed by atoms with Crippen LogP contribution in [-0.2, 0) is 4.79 Å². The molecule has 3 N–H and O–H groups in total. The number of nitrogens with two attached hydrogens (primary N) is 1. The maximum absolute atomic E-state index is 12.1. The number of carbonyl (C=O) groups is 1. The van der Waals surface area contributed by atoms with Gasteiger partial charge < -0.3 is 11.1 Å². The van der Waals surface area contributed by atoms with Crippen molar-refractivity contribution < 1.29 is 4.79 Å². The standard InChI is InChI=1S/C16H24N2O/c1-12-5-7-14(8-6-12)13(2)11-18-15(19)16(17)9-3-4-10-16/h5-8,13H,3-4,9-11,17H2,1-2H3,(H,18,19). The van der Waals surface area contributed by atoms with Gasteiger partial charge >= 0.3 is 0 Å². The highest BCUT2D eigenvalue weighted by atomic mass is 16.2. The quantitative estimate of drug-likeness (QED) is 0.874. The van der Waals surface area contributed by atoms with Crippen LogP contribution < -0.4 is 11.1 Å². The summed E-state index contributed by atoms with van der Waals surface area (Å²) >= 11 is 0. The van der Waals surface area contributed by atoms with Crippen molar-refractivity contribution in [2.45, 2.75) is 51.0 Å². The van der Waals surface area contributed by atoms with Crippen LogP contribution in [0.5, 0.6) is 0 Å². The number of carbonyl (C=O) groups excluding carboxylic acids is 1. The predicted octanol–water partition coefficient (Wildman–Crippen LogP) is 2.49. The third-order valence-electron chi connectivity index (χ3n) is 4.16. The molecule has 2 rings (SSSR count). The Morgan fingerprint density at radius 3 is 2.47 bits per heavy atom. The second kappa shape index (κ2) is 5.74. The topological polar surface area (TPSA) is 55.1 Å². The minimum absolute atomic E-state index is 0.0176. The summed E-state index contributed by atoms with van der Waals surface area (Å²) in [4.78, 5) is 12.1. The zero-order valence-corrected chi connectivity index (χ0v) is 11.9. The molecule has 1 aliphatic carbocycles. The van der Waals surface area contributed by atoms with E-state index in [0.717, 1.165) is 25.7 Å². The minimum atomic E-state index is -0.618. The molecule has 1 aliphatic rings. The maximum Gasteiger partial charge on any atom is 0.240 e. The van der Waals surface area contributed by atoms with E-state index < -0.39 is 5.54 Å². The Labute approximate surface area is 115 Å². The summed E-state index contributed by atoms with van der Waals surface area (Å²) in [6, 6.07) is 8.46. The number of rotatable bonds is 4. The van der Waals surface area contributed by atoms with Crippen LogP contribution in [0, 0.1) is 6.92 Å².